The summed E-state index contributed by atoms with van der Waals surface area (Å²) in [6.45, 7) is 2.97. The van der Waals surface area contributed by atoms with Crippen LogP contribution in [0, 0.1) is 0 Å². The molecule has 2 N–H and O–H groups in total. The van der Waals surface area contributed by atoms with Crippen LogP contribution in [0.5, 0.6) is 5.75 Å². The van der Waals surface area contributed by atoms with Gasteiger partial charge in [-0.15, -0.1) is 0 Å². The van der Waals surface area contributed by atoms with Crippen LogP contribution in [0.1, 0.15) is 37.4 Å². The molecule has 0 spiro atoms. The number of aliphatic hydroxyl groups excluding tert-OH is 1. The zero-order chi connectivity index (χ0) is 25.1. The van der Waals surface area contributed by atoms with Crippen molar-refractivity contribution in [3.63, 3.8) is 0 Å². The number of alkyl halides is 3. The average Bonchev–Trinajstić information content (AvgIpc) is 2.90. The molecule has 2 aliphatic rings. The third-order valence-corrected chi connectivity index (χ3v) is 6.50. The number of halogens is 3. The summed E-state index contributed by atoms with van der Waals surface area (Å²) in [4.78, 5) is 19.1. The maximum atomic E-state index is 12.7. The molecule has 5 rings (SSSR count). The molecule has 0 radical (unpaired) electrons. The lowest BCUT2D eigenvalue weighted by Gasteiger charge is -2.31. The van der Waals surface area contributed by atoms with E-state index in [4.69, 9.17) is 9.47 Å². The molecular formula is C24H27F3N6O3. The van der Waals surface area contributed by atoms with E-state index in [1.807, 2.05) is 12.1 Å². The van der Waals surface area contributed by atoms with Crippen LogP contribution in [0.4, 0.5) is 24.8 Å². The van der Waals surface area contributed by atoms with Crippen molar-refractivity contribution in [1.82, 2.24) is 19.9 Å². The molecule has 1 saturated heterocycles. The van der Waals surface area contributed by atoms with Gasteiger partial charge in [-0.3, -0.25) is 4.98 Å². The topological polar surface area (TPSA) is 106 Å². The normalized spacial score (nSPS) is 21.8. The Morgan fingerprint density at radius 3 is 2.39 bits per heavy atom. The first-order chi connectivity index (χ1) is 17.4. The largest absolute Gasteiger partial charge is 0.488 e. The van der Waals surface area contributed by atoms with Crippen LogP contribution in [-0.4, -0.2) is 69.7 Å². The molecule has 36 heavy (non-hydrogen) atoms. The van der Waals surface area contributed by atoms with Crippen LogP contribution in [0.3, 0.4) is 0 Å². The van der Waals surface area contributed by atoms with E-state index in [9.17, 15) is 18.3 Å². The zero-order valence-corrected chi connectivity index (χ0v) is 19.5. The molecule has 1 atom stereocenters. The number of nitrogens with zero attached hydrogens (tertiary/aromatic N) is 5. The highest BCUT2D eigenvalue weighted by Crippen LogP contribution is 2.34. The minimum atomic E-state index is -4.75. The Balaban J connectivity index is 1.21. The van der Waals surface area contributed by atoms with Crippen LogP contribution in [-0.2, 0) is 4.74 Å². The SMILES string of the molecule is O[C@@H](c1cnc(N[C@H]2CC[C@@H](Oc3cc(N4CCOCC4)cc4nccnc34)CC2)nc1)C(F)(F)F. The number of aliphatic hydroxyl groups is 1. The van der Waals surface area contributed by atoms with E-state index in [0.717, 1.165) is 67.9 Å². The van der Waals surface area contributed by atoms with E-state index in [-0.39, 0.29) is 23.7 Å². The summed E-state index contributed by atoms with van der Waals surface area (Å²) < 4.78 is 49.9. The highest BCUT2D eigenvalue weighted by molar-refractivity contribution is 5.85. The second-order valence-electron chi connectivity index (χ2n) is 8.99. The lowest BCUT2D eigenvalue weighted by Crippen LogP contribution is -2.36. The summed E-state index contributed by atoms with van der Waals surface area (Å²) in [5.74, 6) is 0.942. The van der Waals surface area contributed by atoms with Crippen LogP contribution in [0.15, 0.2) is 36.9 Å². The molecule has 2 aromatic heterocycles. The van der Waals surface area contributed by atoms with Crippen molar-refractivity contribution in [3.05, 3.63) is 42.5 Å². The standard InChI is InChI=1S/C24H27F3N6O3/c25-24(26,27)22(34)15-13-30-23(31-14-15)32-16-1-3-18(4-2-16)36-20-12-17(33-7-9-35-10-8-33)11-19-21(20)29-6-5-28-19/h5-6,11-14,16,18,22,34H,1-4,7-10H2,(H,30,31,32)/t16-,18+,22-/m0/s1. The quantitative estimate of drug-likeness (QED) is 0.520. The van der Waals surface area contributed by atoms with Gasteiger partial charge in [-0.05, 0) is 31.7 Å². The molecule has 1 saturated carbocycles. The number of anilines is 2. The van der Waals surface area contributed by atoms with E-state index in [0.29, 0.717) is 19.0 Å². The van der Waals surface area contributed by atoms with Crippen molar-refractivity contribution >= 4 is 22.7 Å². The molecule has 12 heteroatoms. The van der Waals surface area contributed by atoms with Crippen LogP contribution >= 0.6 is 0 Å². The van der Waals surface area contributed by atoms with Gasteiger partial charge in [-0.25, -0.2) is 15.0 Å². The van der Waals surface area contributed by atoms with Gasteiger partial charge in [-0.2, -0.15) is 13.2 Å². The van der Waals surface area contributed by atoms with Gasteiger partial charge in [0, 0.05) is 61.2 Å². The van der Waals surface area contributed by atoms with Gasteiger partial charge in [0.2, 0.25) is 5.95 Å². The molecule has 1 aromatic carbocycles. The Kier molecular flexibility index (Phi) is 7.06. The molecule has 0 unspecified atom stereocenters. The Labute approximate surface area is 205 Å². The molecule has 0 bridgehead atoms. The average molecular weight is 505 g/mol. The van der Waals surface area contributed by atoms with Crippen molar-refractivity contribution in [3.8, 4) is 5.75 Å². The van der Waals surface area contributed by atoms with Crippen molar-refractivity contribution in [2.45, 2.75) is 50.1 Å². The smallest absolute Gasteiger partial charge is 0.418 e. The van der Waals surface area contributed by atoms with Crippen LogP contribution < -0.4 is 15.0 Å². The zero-order valence-electron chi connectivity index (χ0n) is 19.5. The Hall–Kier alpha value is -3.25. The van der Waals surface area contributed by atoms with E-state index < -0.39 is 12.3 Å². The van der Waals surface area contributed by atoms with Crippen LogP contribution in [0.2, 0.25) is 0 Å². The van der Waals surface area contributed by atoms with Crippen molar-refractivity contribution < 1.29 is 27.8 Å². The molecule has 3 heterocycles. The Morgan fingerprint density at radius 2 is 1.69 bits per heavy atom. The Morgan fingerprint density at radius 1 is 1.00 bits per heavy atom. The van der Waals surface area contributed by atoms with Gasteiger partial charge in [-0.1, -0.05) is 0 Å². The summed E-state index contributed by atoms with van der Waals surface area (Å²) in [6.07, 6.45) is 1.11. The van der Waals surface area contributed by atoms with Crippen LogP contribution in [0.25, 0.3) is 11.0 Å². The Bertz CT molecular complexity index is 1170. The molecule has 2 fully saturated rings. The summed E-state index contributed by atoms with van der Waals surface area (Å²) in [5, 5.41) is 12.5. The van der Waals surface area contributed by atoms with E-state index in [1.54, 1.807) is 12.4 Å². The van der Waals surface area contributed by atoms with Gasteiger partial charge in [0.25, 0.3) is 0 Å². The molecule has 192 valence electrons. The maximum Gasteiger partial charge on any atom is 0.418 e. The highest BCUT2D eigenvalue weighted by atomic mass is 19.4. The van der Waals surface area contributed by atoms with Gasteiger partial charge in [0.1, 0.15) is 11.3 Å². The van der Waals surface area contributed by atoms with Crippen molar-refractivity contribution in [2.24, 2.45) is 0 Å². The predicted octanol–water partition coefficient (Wildman–Crippen LogP) is 3.65. The van der Waals surface area contributed by atoms with Crippen molar-refractivity contribution in [2.75, 3.05) is 36.5 Å². The van der Waals surface area contributed by atoms with E-state index >= 15 is 0 Å². The molecule has 3 aromatic rings. The third kappa shape index (κ3) is 5.59. The first-order valence-electron chi connectivity index (χ1n) is 11.9. The monoisotopic (exact) mass is 504 g/mol. The van der Waals surface area contributed by atoms with E-state index in [1.165, 1.54) is 0 Å². The summed E-state index contributed by atoms with van der Waals surface area (Å²) in [7, 11) is 0. The van der Waals surface area contributed by atoms with Gasteiger partial charge >= 0.3 is 6.18 Å². The number of nitrogens with one attached hydrogen (secondary N) is 1. The highest BCUT2D eigenvalue weighted by Gasteiger charge is 2.39. The number of ether oxygens (including phenoxy) is 2. The number of fused-ring (bicyclic) bond motifs is 1. The first kappa shape index (κ1) is 24.4. The number of hydrogen-bond acceptors (Lipinski definition) is 9. The second-order valence-corrected chi connectivity index (χ2v) is 8.99. The number of aromatic nitrogens is 4. The van der Waals surface area contributed by atoms with Gasteiger partial charge in [0.15, 0.2) is 6.10 Å². The van der Waals surface area contributed by atoms with Gasteiger partial charge in [0.05, 0.1) is 24.8 Å². The maximum absolute atomic E-state index is 12.7. The fourth-order valence-corrected chi connectivity index (χ4v) is 4.55. The van der Waals surface area contributed by atoms with E-state index in [2.05, 4.69) is 30.2 Å². The summed E-state index contributed by atoms with van der Waals surface area (Å²) >= 11 is 0. The molecule has 0 amide bonds. The predicted molar refractivity (Wildman–Crippen MR) is 126 cm³/mol. The third-order valence-electron chi connectivity index (χ3n) is 6.50. The number of benzene rings is 1. The fraction of sp³-hybridized carbons (Fsp3) is 0.500. The fourth-order valence-electron chi connectivity index (χ4n) is 4.55. The second kappa shape index (κ2) is 10.4. The molecule has 9 nitrogen and oxygen atoms in total. The molecule has 1 aliphatic heterocycles. The molecular weight excluding hydrogens is 477 g/mol. The summed E-state index contributed by atoms with van der Waals surface area (Å²) in [6, 6.07) is 4.12. The summed E-state index contributed by atoms with van der Waals surface area (Å²) in [5.41, 5.74) is 2.15. The van der Waals surface area contributed by atoms with Gasteiger partial charge < -0.3 is 24.8 Å². The lowest BCUT2D eigenvalue weighted by atomic mass is 9.93. The minimum absolute atomic E-state index is 0.00146. The van der Waals surface area contributed by atoms with Crippen molar-refractivity contribution in [1.29, 1.82) is 0 Å². The molecule has 1 aliphatic carbocycles. The number of morpholine rings is 1. The minimum Gasteiger partial charge on any atom is -0.488 e. The number of hydrogen-bond donors (Lipinski definition) is 2. The first-order valence-corrected chi connectivity index (χ1v) is 11.9. The lowest BCUT2D eigenvalue weighted by molar-refractivity contribution is -0.206. The number of rotatable bonds is 6.